The van der Waals surface area contributed by atoms with Gasteiger partial charge in [-0.1, -0.05) is 42.5 Å². The molecule has 1 unspecified atom stereocenters. The molecule has 1 atom stereocenters. The third-order valence-corrected chi connectivity index (χ3v) is 5.76. The number of hydrogen-bond acceptors (Lipinski definition) is 5. The number of allylic oxidation sites excluding steroid dienone is 1. The number of hydrogen-bond donors (Lipinski definition) is 1. The summed E-state index contributed by atoms with van der Waals surface area (Å²) in [4.78, 5) is 4.12. The smallest absolute Gasteiger partial charge is 0.225 e. The Bertz CT molecular complexity index is 1370. The fourth-order valence-corrected chi connectivity index (χ4v) is 4.19. The molecule has 164 valence electrons. The van der Waals surface area contributed by atoms with Crippen LogP contribution >= 0.6 is 0 Å². The molecule has 2 aromatic carbocycles. The van der Waals surface area contributed by atoms with E-state index in [2.05, 4.69) is 31.8 Å². The molecule has 2 aromatic heterocycles. The van der Waals surface area contributed by atoms with Crippen LogP contribution in [-0.4, -0.2) is 19.3 Å². The van der Waals surface area contributed by atoms with E-state index in [-0.39, 0.29) is 11.4 Å². The lowest BCUT2D eigenvalue weighted by Gasteiger charge is -2.28. The second-order valence-corrected chi connectivity index (χ2v) is 9.00. The van der Waals surface area contributed by atoms with Crippen molar-refractivity contribution in [1.82, 2.24) is 19.3 Å². The molecule has 1 aliphatic heterocycles. The standard InChI is InChI=1S/C26H24N6O/c1-26(2,3)32-25-22(23(30-32)18-7-5-4-6-8-18)21(20(15-27)24(28)33-25)17-9-11-19(12-10-17)31-14-13-29-16-31/h4-14,16,21H,28H2,1-3H3. The summed E-state index contributed by atoms with van der Waals surface area (Å²) in [6, 6.07) is 20.3. The number of imidazole rings is 1. The average Bonchev–Trinajstić information content (AvgIpc) is 3.47. The molecular formula is C26H24N6O. The number of fused-ring (bicyclic) bond motifs is 1. The Morgan fingerprint density at radius 2 is 1.79 bits per heavy atom. The van der Waals surface area contributed by atoms with Gasteiger partial charge >= 0.3 is 0 Å². The van der Waals surface area contributed by atoms with Crippen molar-refractivity contribution in [3.05, 3.63) is 95.9 Å². The minimum atomic E-state index is -0.401. The highest BCUT2D eigenvalue weighted by Crippen LogP contribution is 2.48. The molecule has 1 aliphatic rings. The van der Waals surface area contributed by atoms with Crippen molar-refractivity contribution in [1.29, 1.82) is 5.26 Å². The summed E-state index contributed by atoms with van der Waals surface area (Å²) < 4.78 is 9.84. The van der Waals surface area contributed by atoms with E-state index in [0.717, 1.165) is 28.1 Å². The Kier molecular flexibility index (Phi) is 4.79. The summed E-state index contributed by atoms with van der Waals surface area (Å²) >= 11 is 0. The summed E-state index contributed by atoms with van der Waals surface area (Å²) in [6.45, 7) is 6.19. The van der Waals surface area contributed by atoms with Crippen LogP contribution in [0.4, 0.5) is 0 Å². The maximum atomic E-state index is 10.0. The highest BCUT2D eigenvalue weighted by Gasteiger charge is 2.39. The van der Waals surface area contributed by atoms with Crippen molar-refractivity contribution in [3.63, 3.8) is 0 Å². The fourth-order valence-electron chi connectivity index (χ4n) is 4.19. The molecule has 4 aromatic rings. The monoisotopic (exact) mass is 436 g/mol. The molecule has 0 aliphatic carbocycles. The van der Waals surface area contributed by atoms with Crippen LogP contribution < -0.4 is 10.5 Å². The normalized spacial score (nSPS) is 15.6. The number of nitrogens with two attached hydrogens (primary N) is 1. The Balaban J connectivity index is 1.74. The lowest BCUT2D eigenvalue weighted by atomic mass is 9.83. The third kappa shape index (κ3) is 3.46. The Morgan fingerprint density at radius 1 is 1.06 bits per heavy atom. The van der Waals surface area contributed by atoms with Gasteiger partial charge in [-0.25, -0.2) is 9.67 Å². The molecule has 0 saturated carbocycles. The molecule has 0 bridgehead atoms. The Labute approximate surface area is 192 Å². The topological polar surface area (TPSA) is 94.7 Å². The molecule has 3 heterocycles. The lowest BCUT2D eigenvalue weighted by Crippen LogP contribution is -2.27. The van der Waals surface area contributed by atoms with E-state index >= 15 is 0 Å². The van der Waals surface area contributed by atoms with E-state index < -0.39 is 5.92 Å². The summed E-state index contributed by atoms with van der Waals surface area (Å²) in [5.74, 6) is 0.280. The van der Waals surface area contributed by atoms with Crippen LogP contribution in [0.2, 0.25) is 0 Å². The lowest BCUT2D eigenvalue weighted by molar-refractivity contribution is 0.278. The SMILES string of the molecule is CC(C)(C)n1nc(-c2ccccc2)c2c1OC(N)=C(C#N)C2c1ccc(-n2ccnc2)cc1. The summed E-state index contributed by atoms with van der Waals surface area (Å²) in [5.41, 5.74) is 10.8. The summed E-state index contributed by atoms with van der Waals surface area (Å²) in [6.07, 6.45) is 5.38. The molecular weight excluding hydrogens is 412 g/mol. The quantitative estimate of drug-likeness (QED) is 0.502. The number of nitriles is 1. The minimum absolute atomic E-state index is 0.110. The van der Waals surface area contributed by atoms with Crippen molar-refractivity contribution in [3.8, 4) is 28.9 Å². The van der Waals surface area contributed by atoms with Crippen LogP contribution in [0, 0.1) is 11.3 Å². The van der Waals surface area contributed by atoms with Gasteiger partial charge in [0.1, 0.15) is 17.3 Å². The zero-order valence-corrected chi connectivity index (χ0v) is 18.7. The number of ether oxygens (including phenoxy) is 1. The largest absolute Gasteiger partial charge is 0.422 e. The highest BCUT2D eigenvalue weighted by molar-refractivity contribution is 5.71. The zero-order chi connectivity index (χ0) is 23.2. The number of aromatic nitrogens is 4. The highest BCUT2D eigenvalue weighted by atomic mass is 16.5. The van der Waals surface area contributed by atoms with E-state index in [4.69, 9.17) is 15.6 Å². The van der Waals surface area contributed by atoms with Crippen molar-refractivity contribution in [2.24, 2.45) is 5.73 Å². The third-order valence-electron chi connectivity index (χ3n) is 5.76. The Morgan fingerprint density at radius 3 is 2.39 bits per heavy atom. The predicted molar refractivity (Wildman–Crippen MR) is 126 cm³/mol. The first-order valence-electron chi connectivity index (χ1n) is 10.7. The molecule has 0 fully saturated rings. The van der Waals surface area contributed by atoms with E-state index in [9.17, 15) is 5.26 Å². The fraction of sp³-hybridized carbons (Fsp3) is 0.192. The Hall–Kier alpha value is -4.31. The van der Waals surface area contributed by atoms with E-state index in [1.165, 1.54) is 0 Å². The number of benzene rings is 2. The van der Waals surface area contributed by atoms with Gasteiger partial charge in [0.15, 0.2) is 0 Å². The van der Waals surface area contributed by atoms with Gasteiger partial charge in [-0.2, -0.15) is 10.4 Å². The molecule has 0 spiro atoms. The van der Waals surface area contributed by atoms with Crippen molar-refractivity contribution < 1.29 is 4.74 Å². The van der Waals surface area contributed by atoms with Crippen LogP contribution in [0.15, 0.2) is 84.8 Å². The van der Waals surface area contributed by atoms with Gasteiger partial charge in [-0.05, 0) is 38.5 Å². The second kappa shape index (κ2) is 7.68. The van der Waals surface area contributed by atoms with Crippen LogP contribution in [0.5, 0.6) is 5.88 Å². The van der Waals surface area contributed by atoms with Gasteiger partial charge in [0.05, 0.1) is 23.3 Å². The first-order valence-corrected chi connectivity index (χ1v) is 10.7. The first kappa shape index (κ1) is 20.6. The van der Waals surface area contributed by atoms with Crippen LogP contribution in [0.25, 0.3) is 16.9 Å². The van der Waals surface area contributed by atoms with E-state index in [1.807, 2.05) is 70.0 Å². The molecule has 0 radical (unpaired) electrons. The first-order chi connectivity index (χ1) is 15.9. The number of nitrogens with zero attached hydrogens (tertiary/aromatic N) is 5. The molecule has 7 nitrogen and oxygen atoms in total. The van der Waals surface area contributed by atoms with Gasteiger partial charge in [0.2, 0.25) is 11.8 Å². The average molecular weight is 437 g/mol. The van der Waals surface area contributed by atoms with Crippen LogP contribution in [0.3, 0.4) is 0 Å². The molecule has 33 heavy (non-hydrogen) atoms. The van der Waals surface area contributed by atoms with Crippen molar-refractivity contribution in [2.45, 2.75) is 32.2 Å². The minimum Gasteiger partial charge on any atom is -0.422 e. The van der Waals surface area contributed by atoms with E-state index in [1.54, 1.807) is 12.5 Å². The number of rotatable bonds is 3. The molecule has 7 heteroatoms. The summed E-state index contributed by atoms with van der Waals surface area (Å²) in [7, 11) is 0. The van der Waals surface area contributed by atoms with Crippen LogP contribution in [0.1, 0.15) is 37.8 Å². The van der Waals surface area contributed by atoms with Gasteiger partial charge in [-0.3, -0.25) is 0 Å². The second-order valence-electron chi connectivity index (χ2n) is 9.00. The van der Waals surface area contributed by atoms with Gasteiger partial charge in [-0.15, -0.1) is 0 Å². The van der Waals surface area contributed by atoms with Gasteiger partial charge in [0.25, 0.3) is 0 Å². The molecule has 5 rings (SSSR count). The molecule has 2 N–H and O–H groups in total. The predicted octanol–water partition coefficient (Wildman–Crippen LogP) is 4.71. The zero-order valence-electron chi connectivity index (χ0n) is 18.7. The van der Waals surface area contributed by atoms with Crippen LogP contribution in [-0.2, 0) is 5.54 Å². The van der Waals surface area contributed by atoms with Crippen molar-refractivity contribution in [2.75, 3.05) is 0 Å². The van der Waals surface area contributed by atoms with Gasteiger partial charge in [0, 0.05) is 23.6 Å². The van der Waals surface area contributed by atoms with Crippen molar-refractivity contribution >= 4 is 0 Å². The maximum absolute atomic E-state index is 10.0. The molecule has 0 saturated heterocycles. The van der Waals surface area contributed by atoms with Gasteiger partial charge < -0.3 is 15.0 Å². The maximum Gasteiger partial charge on any atom is 0.225 e. The van der Waals surface area contributed by atoms with E-state index in [0.29, 0.717) is 11.5 Å². The summed E-state index contributed by atoms with van der Waals surface area (Å²) in [5, 5.41) is 15.0. The molecule has 0 amide bonds.